The SMILES string of the molecule is CCCCCCNC(=O)c1c(C(=O)NCCCCCC)c2ccc3ccccc4ccc1c2c43. The molecule has 0 aliphatic heterocycles. The van der Waals surface area contributed by atoms with E-state index >= 15 is 0 Å². The smallest absolute Gasteiger partial charge is 0.252 e. The Bertz CT molecular complexity index is 1180. The van der Waals surface area contributed by atoms with Crippen LogP contribution in [0.25, 0.3) is 32.3 Å². The van der Waals surface area contributed by atoms with E-state index in [0.29, 0.717) is 24.2 Å². The summed E-state index contributed by atoms with van der Waals surface area (Å²) in [5, 5.41) is 12.3. The molecule has 4 heteroatoms. The van der Waals surface area contributed by atoms with E-state index < -0.39 is 0 Å². The Kier molecular flexibility index (Phi) is 7.99. The summed E-state index contributed by atoms with van der Waals surface area (Å²) < 4.78 is 0. The summed E-state index contributed by atoms with van der Waals surface area (Å²) in [6, 6.07) is 16.4. The maximum Gasteiger partial charge on any atom is 0.252 e. The first-order valence-electron chi connectivity index (χ1n) is 12.9. The Morgan fingerprint density at radius 2 is 1.06 bits per heavy atom. The minimum absolute atomic E-state index is 0.152. The van der Waals surface area contributed by atoms with Crippen molar-refractivity contribution >= 4 is 44.1 Å². The van der Waals surface area contributed by atoms with E-state index in [1.54, 1.807) is 0 Å². The number of hydrogen-bond acceptors (Lipinski definition) is 2. The van der Waals surface area contributed by atoms with E-state index in [-0.39, 0.29) is 11.8 Å². The van der Waals surface area contributed by atoms with Gasteiger partial charge in [-0.1, -0.05) is 101 Å². The average Bonchev–Trinajstić information content (AvgIpc) is 3.04. The third-order valence-corrected chi connectivity index (χ3v) is 6.76. The largest absolute Gasteiger partial charge is 0.352 e. The molecule has 178 valence electrons. The Labute approximate surface area is 202 Å². The molecule has 0 heterocycles. The van der Waals surface area contributed by atoms with Crippen molar-refractivity contribution < 1.29 is 9.59 Å². The second kappa shape index (κ2) is 11.3. The van der Waals surface area contributed by atoms with Crippen LogP contribution in [0.15, 0.2) is 48.5 Å². The number of rotatable bonds is 12. The molecule has 0 atom stereocenters. The number of carbonyl (C=O) groups is 2. The first kappa shape index (κ1) is 24.0. The normalized spacial score (nSPS) is 11.5. The molecule has 4 aromatic rings. The fourth-order valence-electron chi connectivity index (χ4n) is 4.99. The molecule has 0 bridgehead atoms. The molecule has 0 aromatic heterocycles. The van der Waals surface area contributed by atoms with Crippen molar-refractivity contribution in [2.24, 2.45) is 0 Å². The zero-order valence-electron chi connectivity index (χ0n) is 20.5. The van der Waals surface area contributed by atoms with E-state index in [4.69, 9.17) is 0 Å². The lowest BCUT2D eigenvalue weighted by Crippen LogP contribution is -2.29. The summed E-state index contributed by atoms with van der Waals surface area (Å²) in [6.45, 7) is 5.61. The van der Waals surface area contributed by atoms with Crippen molar-refractivity contribution in [3.8, 4) is 0 Å². The highest BCUT2D eigenvalue weighted by molar-refractivity contribution is 6.34. The van der Waals surface area contributed by atoms with Crippen LogP contribution < -0.4 is 10.6 Å². The molecule has 4 rings (SSSR count). The van der Waals surface area contributed by atoms with E-state index in [2.05, 4.69) is 48.7 Å². The van der Waals surface area contributed by atoms with Crippen molar-refractivity contribution in [3.63, 3.8) is 0 Å². The number of amides is 2. The van der Waals surface area contributed by atoms with Gasteiger partial charge in [-0.05, 0) is 45.2 Å². The van der Waals surface area contributed by atoms with Crippen molar-refractivity contribution in [3.05, 3.63) is 59.7 Å². The third kappa shape index (κ3) is 4.86. The molecule has 0 aliphatic rings. The Hall–Kier alpha value is -3.14. The van der Waals surface area contributed by atoms with Gasteiger partial charge in [-0.2, -0.15) is 0 Å². The lowest BCUT2D eigenvalue weighted by Gasteiger charge is -2.09. The minimum Gasteiger partial charge on any atom is -0.352 e. The van der Waals surface area contributed by atoms with Gasteiger partial charge in [0, 0.05) is 13.1 Å². The maximum absolute atomic E-state index is 13.5. The number of nitrogens with one attached hydrogen (secondary N) is 2. The first-order valence-corrected chi connectivity index (χ1v) is 12.9. The third-order valence-electron chi connectivity index (χ3n) is 6.76. The van der Waals surface area contributed by atoms with Gasteiger partial charge in [0.1, 0.15) is 0 Å². The molecule has 4 nitrogen and oxygen atoms in total. The van der Waals surface area contributed by atoms with Gasteiger partial charge in [0.05, 0.1) is 11.1 Å². The number of unbranched alkanes of at least 4 members (excludes halogenated alkanes) is 6. The molecular weight excluding hydrogens is 420 g/mol. The van der Waals surface area contributed by atoms with Gasteiger partial charge < -0.3 is 10.6 Å². The Morgan fingerprint density at radius 1 is 0.588 bits per heavy atom. The van der Waals surface area contributed by atoms with Crippen LogP contribution in [-0.4, -0.2) is 24.9 Å². The molecule has 2 N–H and O–H groups in total. The van der Waals surface area contributed by atoms with Gasteiger partial charge in [-0.25, -0.2) is 0 Å². The topological polar surface area (TPSA) is 58.2 Å². The van der Waals surface area contributed by atoms with Crippen LogP contribution in [0.2, 0.25) is 0 Å². The van der Waals surface area contributed by atoms with Crippen molar-refractivity contribution in [1.82, 2.24) is 10.6 Å². The molecule has 0 saturated carbocycles. The fourth-order valence-corrected chi connectivity index (χ4v) is 4.99. The fraction of sp³-hybridized carbons (Fsp3) is 0.400. The molecule has 0 radical (unpaired) electrons. The lowest BCUT2D eigenvalue weighted by atomic mass is 10.0. The molecule has 0 saturated heterocycles. The van der Waals surface area contributed by atoms with Crippen LogP contribution >= 0.6 is 0 Å². The highest BCUT2D eigenvalue weighted by atomic mass is 16.2. The monoisotopic (exact) mass is 456 g/mol. The van der Waals surface area contributed by atoms with Crippen LogP contribution in [0.5, 0.6) is 0 Å². The summed E-state index contributed by atoms with van der Waals surface area (Å²) in [7, 11) is 0. The second-order valence-electron chi connectivity index (χ2n) is 9.26. The zero-order chi connectivity index (χ0) is 23.9. The van der Waals surface area contributed by atoms with Crippen LogP contribution in [-0.2, 0) is 0 Å². The van der Waals surface area contributed by atoms with Crippen LogP contribution in [0.1, 0.15) is 85.9 Å². The van der Waals surface area contributed by atoms with Gasteiger partial charge in [0.25, 0.3) is 11.8 Å². The minimum atomic E-state index is -0.152. The standard InChI is InChI=1S/C30H36N2O2/c1-3-5-7-11-19-31-29(33)27-23-17-15-21-13-9-10-14-22-16-18-24(26(23)25(21)22)28(27)30(34)32-20-12-8-6-4-2/h9-10,13-18H,3-8,11-12,19-20H2,1-2H3,(H,31,33)(H,32,34). The summed E-state index contributed by atoms with van der Waals surface area (Å²) in [4.78, 5) is 26.9. The predicted octanol–water partition coefficient (Wildman–Crippen LogP) is 7.20. The Balaban J connectivity index is 1.76. The molecule has 0 aliphatic carbocycles. The van der Waals surface area contributed by atoms with Gasteiger partial charge in [-0.3, -0.25) is 9.59 Å². The van der Waals surface area contributed by atoms with Crippen molar-refractivity contribution in [2.75, 3.05) is 13.1 Å². The summed E-state index contributed by atoms with van der Waals surface area (Å²) in [5.74, 6) is -0.305. The van der Waals surface area contributed by atoms with Crippen molar-refractivity contribution in [1.29, 1.82) is 0 Å². The van der Waals surface area contributed by atoms with E-state index in [0.717, 1.165) is 70.8 Å². The summed E-state index contributed by atoms with van der Waals surface area (Å²) in [5.41, 5.74) is 1.02. The van der Waals surface area contributed by atoms with Crippen LogP contribution in [0.3, 0.4) is 0 Å². The number of hydrogen-bond donors (Lipinski definition) is 2. The molecule has 2 amide bonds. The second-order valence-corrected chi connectivity index (χ2v) is 9.26. The van der Waals surface area contributed by atoms with Gasteiger partial charge in [-0.15, -0.1) is 0 Å². The molecule has 0 fully saturated rings. The van der Waals surface area contributed by atoms with Gasteiger partial charge in [0.15, 0.2) is 0 Å². The molecule has 0 unspecified atom stereocenters. The van der Waals surface area contributed by atoms with E-state index in [1.807, 2.05) is 24.3 Å². The highest BCUT2D eigenvalue weighted by Gasteiger charge is 2.27. The number of carbonyl (C=O) groups excluding carboxylic acids is 2. The summed E-state index contributed by atoms with van der Waals surface area (Å²) in [6.07, 6.45) is 8.76. The highest BCUT2D eigenvalue weighted by Crippen LogP contribution is 2.40. The van der Waals surface area contributed by atoms with Gasteiger partial charge in [0.2, 0.25) is 0 Å². The number of benzene rings is 2. The maximum atomic E-state index is 13.5. The van der Waals surface area contributed by atoms with Crippen molar-refractivity contribution in [2.45, 2.75) is 65.2 Å². The average molecular weight is 457 g/mol. The molecule has 0 spiro atoms. The first-order chi connectivity index (χ1) is 16.7. The zero-order valence-corrected chi connectivity index (χ0v) is 20.5. The molecule has 34 heavy (non-hydrogen) atoms. The van der Waals surface area contributed by atoms with E-state index in [9.17, 15) is 9.59 Å². The summed E-state index contributed by atoms with van der Waals surface area (Å²) >= 11 is 0. The van der Waals surface area contributed by atoms with E-state index in [1.165, 1.54) is 12.8 Å². The molecule has 4 aromatic carbocycles. The van der Waals surface area contributed by atoms with Crippen LogP contribution in [0.4, 0.5) is 0 Å². The Morgan fingerprint density at radius 3 is 1.50 bits per heavy atom. The predicted molar refractivity (Wildman–Crippen MR) is 143 cm³/mol. The van der Waals surface area contributed by atoms with Gasteiger partial charge >= 0.3 is 0 Å². The quantitative estimate of drug-likeness (QED) is 0.221. The van der Waals surface area contributed by atoms with Crippen LogP contribution in [0, 0.1) is 0 Å². The molecular formula is C30H36N2O2. The lowest BCUT2D eigenvalue weighted by molar-refractivity contribution is 0.0922.